The van der Waals surface area contributed by atoms with Crippen LogP contribution in [-0.2, 0) is 14.3 Å². The van der Waals surface area contributed by atoms with Crippen LogP contribution in [0.5, 0.6) is 0 Å². The lowest BCUT2D eigenvalue weighted by Crippen LogP contribution is -2.41. The molecule has 3 heterocycles. The molecule has 27 heavy (non-hydrogen) atoms. The molecule has 2 fully saturated rings. The van der Waals surface area contributed by atoms with Crippen molar-refractivity contribution in [2.75, 3.05) is 31.2 Å². The third kappa shape index (κ3) is 3.84. The lowest BCUT2D eigenvalue weighted by Gasteiger charge is -2.33. The Morgan fingerprint density at radius 3 is 2.63 bits per heavy atom. The molecular weight excluding hydrogens is 346 g/mol. The van der Waals surface area contributed by atoms with Gasteiger partial charge in [-0.15, -0.1) is 0 Å². The average Bonchev–Trinajstić information content (AvgIpc) is 3.09. The van der Waals surface area contributed by atoms with Gasteiger partial charge in [0.15, 0.2) is 0 Å². The Morgan fingerprint density at radius 1 is 1.11 bits per heavy atom. The summed E-state index contributed by atoms with van der Waals surface area (Å²) in [5.74, 6) is -0.418. The third-order valence-corrected chi connectivity index (χ3v) is 5.47. The first-order valence-corrected chi connectivity index (χ1v) is 9.56. The Bertz CT molecular complexity index is 839. The molecule has 2 amide bonds. The van der Waals surface area contributed by atoms with Crippen LogP contribution in [0, 0.1) is 0 Å². The number of nitrogens with one attached hydrogen (secondary N) is 1. The second kappa shape index (κ2) is 7.70. The van der Waals surface area contributed by atoms with Crippen molar-refractivity contribution in [1.29, 1.82) is 0 Å². The molecule has 1 unspecified atom stereocenters. The average molecular weight is 371 g/mol. The molecule has 2 saturated heterocycles. The Labute approximate surface area is 157 Å². The molecule has 0 radical (unpaired) electrons. The van der Waals surface area contributed by atoms with E-state index in [4.69, 9.17) is 9.84 Å². The topological polar surface area (TPSA) is 83.8 Å². The quantitative estimate of drug-likeness (QED) is 0.780. The predicted octanol–water partition coefficient (Wildman–Crippen LogP) is 1.60. The zero-order valence-electron chi connectivity index (χ0n) is 15.3. The number of imide groups is 1. The molecule has 2 aliphatic heterocycles. The van der Waals surface area contributed by atoms with Crippen LogP contribution >= 0.6 is 0 Å². The van der Waals surface area contributed by atoms with Gasteiger partial charge >= 0.3 is 0 Å². The number of ether oxygens (including phenoxy) is 1. The van der Waals surface area contributed by atoms with Gasteiger partial charge in [-0.1, -0.05) is 6.07 Å². The van der Waals surface area contributed by atoms with Crippen molar-refractivity contribution in [2.24, 2.45) is 0 Å². The van der Waals surface area contributed by atoms with Crippen molar-refractivity contribution in [3.63, 3.8) is 0 Å². The molecule has 2 aromatic rings. The van der Waals surface area contributed by atoms with E-state index in [0.29, 0.717) is 19.4 Å². The first kappa shape index (κ1) is 18.0. The number of fused-ring (bicyclic) bond motifs is 1. The second-order valence-corrected chi connectivity index (χ2v) is 7.27. The number of carbonyl (C=O) groups excluding carboxylic acids is 2. The highest BCUT2D eigenvalue weighted by Crippen LogP contribution is 2.28. The number of piperidine rings is 2. The minimum atomic E-state index is -0.321. The summed E-state index contributed by atoms with van der Waals surface area (Å²) in [5, 5.41) is 13.5. The number of benzene rings is 1. The number of anilines is 1. The van der Waals surface area contributed by atoms with E-state index in [1.807, 2.05) is 17.0 Å². The molecule has 4 rings (SSSR count). The van der Waals surface area contributed by atoms with Crippen molar-refractivity contribution in [3.05, 3.63) is 30.6 Å². The van der Waals surface area contributed by atoms with Gasteiger partial charge in [0.1, 0.15) is 6.04 Å². The molecule has 0 saturated carbocycles. The van der Waals surface area contributed by atoms with Crippen molar-refractivity contribution in [2.45, 2.75) is 37.8 Å². The summed E-state index contributed by atoms with van der Waals surface area (Å²) in [6.45, 7) is 2.33. The molecule has 144 valence electrons. The van der Waals surface area contributed by atoms with Gasteiger partial charge in [-0.25, -0.2) is 0 Å². The molecule has 7 nitrogen and oxygen atoms in total. The van der Waals surface area contributed by atoms with E-state index in [2.05, 4.69) is 28.4 Å². The first-order chi connectivity index (χ1) is 13.1. The van der Waals surface area contributed by atoms with Gasteiger partial charge in [0.25, 0.3) is 0 Å². The number of hydrogen-bond acceptors (Lipinski definition) is 5. The van der Waals surface area contributed by atoms with Crippen molar-refractivity contribution >= 4 is 28.3 Å². The zero-order chi connectivity index (χ0) is 18.8. The van der Waals surface area contributed by atoms with Gasteiger partial charge in [0.2, 0.25) is 11.8 Å². The predicted molar refractivity (Wildman–Crippen MR) is 102 cm³/mol. The van der Waals surface area contributed by atoms with Gasteiger partial charge < -0.3 is 19.3 Å². The molecule has 2 aliphatic rings. The molecular formula is C20H25N3O4. The highest BCUT2D eigenvalue weighted by atomic mass is 16.5. The van der Waals surface area contributed by atoms with Gasteiger partial charge in [-0.05, 0) is 36.8 Å². The number of aliphatic hydroxyl groups excluding tert-OH is 1. The maximum absolute atomic E-state index is 12.1. The summed E-state index contributed by atoms with van der Waals surface area (Å²) >= 11 is 0. The molecule has 1 aromatic carbocycles. The van der Waals surface area contributed by atoms with Crippen LogP contribution < -0.4 is 10.2 Å². The number of aromatic nitrogens is 1. The maximum Gasteiger partial charge on any atom is 0.249 e. The highest BCUT2D eigenvalue weighted by molar-refractivity contribution is 5.99. The summed E-state index contributed by atoms with van der Waals surface area (Å²) in [6.07, 6.45) is 7.03. The molecule has 1 aromatic heterocycles. The fourth-order valence-corrected chi connectivity index (χ4v) is 3.99. The summed E-state index contributed by atoms with van der Waals surface area (Å²) < 4.78 is 7.55. The van der Waals surface area contributed by atoms with E-state index >= 15 is 0 Å². The molecule has 7 heteroatoms. The van der Waals surface area contributed by atoms with Crippen LogP contribution in [0.15, 0.2) is 30.6 Å². The number of hydrogen-bond donors (Lipinski definition) is 2. The van der Waals surface area contributed by atoms with Crippen LogP contribution in [0.4, 0.5) is 5.69 Å². The minimum absolute atomic E-state index is 0.0705. The monoisotopic (exact) mass is 371 g/mol. The van der Waals surface area contributed by atoms with Crippen LogP contribution in [-0.4, -0.2) is 53.9 Å². The zero-order valence-corrected chi connectivity index (χ0v) is 15.3. The summed E-state index contributed by atoms with van der Waals surface area (Å²) in [4.78, 5) is 25.8. The normalized spacial score (nSPS) is 21.7. The van der Waals surface area contributed by atoms with Gasteiger partial charge in [0, 0.05) is 43.0 Å². The molecule has 2 N–H and O–H groups in total. The Morgan fingerprint density at radius 2 is 1.89 bits per heavy atom. The largest absolute Gasteiger partial charge is 0.394 e. The SMILES string of the molecule is O=C1CCC(n2cc3ccc(N4CCC(OCCO)CC4)cc3c2)C(=O)N1. The number of rotatable bonds is 5. The Kier molecular flexibility index (Phi) is 5.13. The van der Waals surface area contributed by atoms with E-state index < -0.39 is 0 Å². The van der Waals surface area contributed by atoms with Crippen LogP contribution in [0.2, 0.25) is 0 Å². The van der Waals surface area contributed by atoms with Crippen LogP contribution in [0.1, 0.15) is 31.7 Å². The van der Waals surface area contributed by atoms with Gasteiger partial charge in [-0.3, -0.25) is 14.9 Å². The van der Waals surface area contributed by atoms with E-state index in [0.717, 1.165) is 36.7 Å². The van der Waals surface area contributed by atoms with Crippen molar-refractivity contribution < 1.29 is 19.4 Å². The summed E-state index contributed by atoms with van der Waals surface area (Å²) in [6, 6.07) is 6.04. The fourth-order valence-electron chi connectivity index (χ4n) is 3.99. The van der Waals surface area contributed by atoms with E-state index in [-0.39, 0.29) is 30.6 Å². The summed E-state index contributed by atoms with van der Waals surface area (Å²) in [5.41, 5.74) is 1.17. The van der Waals surface area contributed by atoms with Gasteiger partial charge in [0.05, 0.1) is 19.3 Å². The molecule has 0 aliphatic carbocycles. The molecule has 1 atom stereocenters. The Balaban J connectivity index is 1.47. The standard InChI is InChI=1S/C20H25N3O4/c24-9-10-27-17-5-7-22(8-6-17)16-2-1-14-12-23(13-15(14)11-16)18-3-4-19(25)21-20(18)26/h1-2,11-13,17-18,24H,3-10H2,(H,21,25,26). The molecule has 0 spiro atoms. The minimum Gasteiger partial charge on any atom is -0.394 e. The van der Waals surface area contributed by atoms with E-state index in [9.17, 15) is 9.59 Å². The lowest BCUT2D eigenvalue weighted by atomic mass is 10.1. The van der Waals surface area contributed by atoms with Crippen LogP contribution in [0.3, 0.4) is 0 Å². The maximum atomic E-state index is 12.1. The number of nitrogens with zero attached hydrogens (tertiary/aromatic N) is 2. The number of amides is 2. The number of aliphatic hydroxyl groups is 1. The molecule has 0 bridgehead atoms. The smallest absolute Gasteiger partial charge is 0.249 e. The number of carbonyl (C=O) groups is 2. The summed E-state index contributed by atoms with van der Waals surface area (Å²) in [7, 11) is 0. The third-order valence-electron chi connectivity index (χ3n) is 5.47. The highest BCUT2D eigenvalue weighted by Gasteiger charge is 2.28. The fraction of sp³-hybridized carbons (Fsp3) is 0.500. The first-order valence-electron chi connectivity index (χ1n) is 9.56. The second-order valence-electron chi connectivity index (χ2n) is 7.27. The van der Waals surface area contributed by atoms with E-state index in [1.54, 1.807) is 0 Å². The Hall–Kier alpha value is -2.38. The lowest BCUT2D eigenvalue weighted by molar-refractivity contribution is -0.135. The van der Waals surface area contributed by atoms with E-state index in [1.165, 1.54) is 5.69 Å². The van der Waals surface area contributed by atoms with Crippen molar-refractivity contribution in [1.82, 2.24) is 9.88 Å². The van der Waals surface area contributed by atoms with Crippen LogP contribution in [0.25, 0.3) is 10.8 Å². The van der Waals surface area contributed by atoms with Gasteiger partial charge in [-0.2, -0.15) is 0 Å². The van der Waals surface area contributed by atoms with Crippen molar-refractivity contribution in [3.8, 4) is 0 Å².